The number of hydrogen-bond acceptors (Lipinski definition) is 5. The molecule has 0 aromatic heterocycles. The van der Waals surface area contributed by atoms with Gasteiger partial charge in [-0.2, -0.15) is 0 Å². The number of hydrogen-bond donors (Lipinski definition) is 1. The number of nitro groups is 1. The largest absolute Gasteiger partial charge is 0.382 e. The summed E-state index contributed by atoms with van der Waals surface area (Å²) in [6, 6.07) is 5.96. The van der Waals surface area contributed by atoms with E-state index in [0.29, 0.717) is 18.9 Å². The van der Waals surface area contributed by atoms with Crippen molar-refractivity contribution >= 4 is 11.4 Å². The molecule has 0 saturated heterocycles. The molecule has 1 rings (SSSR count). The summed E-state index contributed by atoms with van der Waals surface area (Å²) >= 11 is 0. The number of benzene rings is 1. The highest BCUT2D eigenvalue weighted by Crippen LogP contribution is 2.14. The van der Waals surface area contributed by atoms with Crippen LogP contribution >= 0.6 is 0 Å². The van der Waals surface area contributed by atoms with Gasteiger partial charge in [0.2, 0.25) is 0 Å². The van der Waals surface area contributed by atoms with Gasteiger partial charge in [-0.3, -0.25) is 20.4 Å². The summed E-state index contributed by atoms with van der Waals surface area (Å²) in [7, 11) is 1.58. The molecule has 0 atom stereocenters. The van der Waals surface area contributed by atoms with Crippen LogP contribution < -0.4 is 5.48 Å². The molecule has 6 nitrogen and oxygen atoms in total. The lowest BCUT2D eigenvalue weighted by atomic mass is 10.3. The molecule has 0 unspecified atom stereocenters. The van der Waals surface area contributed by atoms with Gasteiger partial charge >= 0.3 is 0 Å². The van der Waals surface area contributed by atoms with Crippen molar-refractivity contribution in [2.75, 3.05) is 25.8 Å². The Morgan fingerprint density at radius 1 is 1.33 bits per heavy atom. The average Bonchev–Trinajstić information content (AvgIpc) is 2.25. The fourth-order valence-corrected chi connectivity index (χ4v) is 0.911. The number of rotatable bonds is 6. The average molecular weight is 212 g/mol. The number of anilines is 1. The van der Waals surface area contributed by atoms with Gasteiger partial charge < -0.3 is 4.74 Å². The molecule has 0 aliphatic carbocycles. The Hall–Kier alpha value is -1.66. The molecule has 0 radical (unpaired) electrons. The zero-order valence-corrected chi connectivity index (χ0v) is 8.30. The van der Waals surface area contributed by atoms with Crippen LogP contribution in [0.25, 0.3) is 0 Å². The summed E-state index contributed by atoms with van der Waals surface area (Å²) in [4.78, 5) is 14.9. The zero-order chi connectivity index (χ0) is 11.1. The van der Waals surface area contributed by atoms with Crippen molar-refractivity contribution in [1.29, 1.82) is 0 Å². The second kappa shape index (κ2) is 5.94. The van der Waals surface area contributed by atoms with E-state index >= 15 is 0 Å². The van der Waals surface area contributed by atoms with Gasteiger partial charge in [0.1, 0.15) is 0 Å². The Balaban J connectivity index is 2.39. The quantitative estimate of drug-likeness (QED) is 0.440. The fraction of sp³-hybridized carbons (Fsp3) is 0.333. The van der Waals surface area contributed by atoms with Gasteiger partial charge in [-0.05, 0) is 12.1 Å². The van der Waals surface area contributed by atoms with Gasteiger partial charge in [0, 0.05) is 19.2 Å². The molecule has 0 saturated carbocycles. The molecule has 0 spiro atoms. The van der Waals surface area contributed by atoms with Gasteiger partial charge in [0.15, 0.2) is 0 Å². The smallest absolute Gasteiger partial charge is 0.269 e. The zero-order valence-electron chi connectivity index (χ0n) is 8.30. The molecule has 1 aromatic carbocycles. The van der Waals surface area contributed by atoms with Crippen LogP contribution in [0, 0.1) is 10.1 Å². The van der Waals surface area contributed by atoms with E-state index < -0.39 is 4.92 Å². The number of non-ortho nitro benzene ring substituents is 1. The number of nitrogens with one attached hydrogen (secondary N) is 1. The molecule has 1 aromatic rings. The minimum Gasteiger partial charge on any atom is -0.382 e. The van der Waals surface area contributed by atoms with Crippen LogP contribution in [-0.4, -0.2) is 25.2 Å². The Bertz CT molecular complexity index is 312. The van der Waals surface area contributed by atoms with E-state index in [2.05, 4.69) is 5.48 Å². The third-order valence-corrected chi connectivity index (χ3v) is 1.66. The summed E-state index contributed by atoms with van der Waals surface area (Å²) in [6.07, 6.45) is 0. The molecule has 1 N–H and O–H groups in total. The second-order valence-electron chi connectivity index (χ2n) is 2.75. The first-order chi connectivity index (χ1) is 7.24. The Morgan fingerprint density at radius 2 is 2.00 bits per heavy atom. The van der Waals surface area contributed by atoms with Crippen molar-refractivity contribution in [3.05, 3.63) is 34.4 Å². The first-order valence-corrected chi connectivity index (χ1v) is 4.35. The van der Waals surface area contributed by atoms with Crippen molar-refractivity contribution in [2.45, 2.75) is 0 Å². The third kappa shape index (κ3) is 3.92. The summed E-state index contributed by atoms with van der Waals surface area (Å²) in [5, 5.41) is 10.3. The van der Waals surface area contributed by atoms with Gasteiger partial charge in [0.05, 0.1) is 23.8 Å². The molecule has 0 amide bonds. The van der Waals surface area contributed by atoms with Crippen LogP contribution in [-0.2, 0) is 9.57 Å². The van der Waals surface area contributed by atoms with E-state index in [9.17, 15) is 10.1 Å². The summed E-state index contributed by atoms with van der Waals surface area (Å²) in [6.45, 7) is 0.896. The third-order valence-electron chi connectivity index (χ3n) is 1.66. The van der Waals surface area contributed by atoms with Crippen molar-refractivity contribution in [2.24, 2.45) is 0 Å². The minimum absolute atomic E-state index is 0.0532. The molecule has 82 valence electrons. The van der Waals surface area contributed by atoms with Gasteiger partial charge in [-0.25, -0.2) is 0 Å². The number of nitro benzene ring substituents is 1. The lowest BCUT2D eigenvalue weighted by molar-refractivity contribution is -0.384. The van der Waals surface area contributed by atoms with E-state index in [4.69, 9.17) is 9.57 Å². The lowest BCUT2D eigenvalue weighted by Crippen LogP contribution is -2.07. The van der Waals surface area contributed by atoms with E-state index in [1.807, 2.05) is 0 Å². The second-order valence-corrected chi connectivity index (χ2v) is 2.75. The lowest BCUT2D eigenvalue weighted by Gasteiger charge is -2.05. The maximum absolute atomic E-state index is 10.3. The van der Waals surface area contributed by atoms with E-state index in [1.54, 1.807) is 19.2 Å². The van der Waals surface area contributed by atoms with E-state index in [0.717, 1.165) is 0 Å². The van der Waals surface area contributed by atoms with Crippen molar-refractivity contribution in [3.8, 4) is 0 Å². The van der Waals surface area contributed by atoms with Gasteiger partial charge in [-0.15, -0.1) is 0 Å². The molecular formula is C9H12N2O4. The number of methoxy groups -OCH3 is 1. The molecule has 15 heavy (non-hydrogen) atoms. The summed E-state index contributed by atoms with van der Waals surface area (Å²) < 4.78 is 4.78. The maximum Gasteiger partial charge on any atom is 0.269 e. The van der Waals surface area contributed by atoms with Crippen LogP contribution in [0.1, 0.15) is 0 Å². The van der Waals surface area contributed by atoms with Gasteiger partial charge in [-0.1, -0.05) is 0 Å². The Morgan fingerprint density at radius 3 is 2.53 bits per heavy atom. The number of ether oxygens (including phenoxy) is 1. The fourth-order valence-electron chi connectivity index (χ4n) is 0.911. The minimum atomic E-state index is -0.449. The maximum atomic E-state index is 10.3. The predicted octanol–water partition coefficient (Wildman–Crippen LogP) is 1.58. The first kappa shape index (κ1) is 11.4. The molecular weight excluding hydrogens is 200 g/mol. The standard InChI is InChI=1S/C9H12N2O4/c1-14-6-7-15-10-8-2-4-9(5-3-8)11(12)13/h2-5,10H,6-7H2,1H3. The van der Waals surface area contributed by atoms with Crippen molar-refractivity contribution < 1.29 is 14.5 Å². The van der Waals surface area contributed by atoms with Gasteiger partial charge in [0.25, 0.3) is 5.69 Å². The molecule has 0 aliphatic heterocycles. The summed E-state index contributed by atoms with van der Waals surface area (Å²) in [5.74, 6) is 0. The Labute approximate surface area is 86.9 Å². The molecule has 0 bridgehead atoms. The Kier molecular flexibility index (Phi) is 4.52. The molecule has 0 fully saturated rings. The highest BCUT2D eigenvalue weighted by Gasteiger charge is 2.03. The topological polar surface area (TPSA) is 73.6 Å². The van der Waals surface area contributed by atoms with Crippen molar-refractivity contribution in [1.82, 2.24) is 0 Å². The van der Waals surface area contributed by atoms with Crippen LogP contribution in [0.5, 0.6) is 0 Å². The first-order valence-electron chi connectivity index (χ1n) is 4.35. The van der Waals surface area contributed by atoms with Crippen LogP contribution in [0.15, 0.2) is 24.3 Å². The van der Waals surface area contributed by atoms with E-state index in [1.165, 1.54) is 12.1 Å². The van der Waals surface area contributed by atoms with Crippen LogP contribution in [0.4, 0.5) is 11.4 Å². The highest BCUT2D eigenvalue weighted by molar-refractivity contribution is 5.46. The predicted molar refractivity (Wildman–Crippen MR) is 54.5 cm³/mol. The SMILES string of the molecule is COCCONc1ccc([N+](=O)[O-])cc1. The molecule has 0 heterocycles. The highest BCUT2D eigenvalue weighted by atomic mass is 16.7. The molecule has 6 heteroatoms. The normalized spacial score (nSPS) is 9.93. The monoisotopic (exact) mass is 212 g/mol. The number of nitrogens with zero attached hydrogens (tertiary/aromatic N) is 1. The van der Waals surface area contributed by atoms with Crippen molar-refractivity contribution in [3.63, 3.8) is 0 Å². The summed E-state index contributed by atoms with van der Waals surface area (Å²) in [5.41, 5.74) is 3.36. The van der Waals surface area contributed by atoms with E-state index in [-0.39, 0.29) is 5.69 Å². The van der Waals surface area contributed by atoms with Crippen LogP contribution in [0.3, 0.4) is 0 Å². The molecule has 0 aliphatic rings. The van der Waals surface area contributed by atoms with Crippen LogP contribution in [0.2, 0.25) is 0 Å².